The molecule has 0 radical (unpaired) electrons. The molecule has 0 unspecified atom stereocenters. The normalized spacial score (nSPS) is 18.9. The average Bonchev–Trinajstić information content (AvgIpc) is 2.74. The fraction of sp³-hybridized carbons (Fsp3) is 0.667. The smallest absolute Gasteiger partial charge is 0.288 e. The van der Waals surface area contributed by atoms with E-state index >= 15 is 0 Å². The van der Waals surface area contributed by atoms with Crippen LogP contribution in [0.3, 0.4) is 0 Å². The predicted molar refractivity (Wildman–Crippen MR) is 58.1 cm³/mol. The molecule has 1 amide bonds. The van der Waals surface area contributed by atoms with Gasteiger partial charge >= 0.3 is 0 Å². The van der Waals surface area contributed by atoms with Gasteiger partial charge in [-0.15, -0.1) is 5.10 Å². The molecular formula is C9H15N5O3. The first-order chi connectivity index (χ1) is 8.09. The lowest BCUT2D eigenvalue weighted by Crippen LogP contribution is -2.46. The molecule has 0 atom stereocenters. The van der Waals surface area contributed by atoms with Crippen LogP contribution in [0.2, 0.25) is 0 Å². The number of anilines is 1. The number of carbonyl (C=O) groups excluding carboxylic acids is 1. The summed E-state index contributed by atoms with van der Waals surface area (Å²) >= 11 is 0. The third-order valence-electron chi connectivity index (χ3n) is 2.72. The van der Waals surface area contributed by atoms with Gasteiger partial charge in [0.15, 0.2) is 0 Å². The van der Waals surface area contributed by atoms with E-state index in [9.17, 15) is 9.90 Å². The number of aliphatic hydroxyl groups is 1. The molecule has 0 bridgehead atoms. The molecule has 94 valence electrons. The second kappa shape index (κ2) is 4.68. The Bertz CT molecular complexity index is 399. The van der Waals surface area contributed by atoms with Gasteiger partial charge in [-0.2, -0.15) is 4.98 Å². The predicted octanol–water partition coefficient (Wildman–Crippen LogP) is -1.34. The van der Waals surface area contributed by atoms with Gasteiger partial charge in [0.2, 0.25) is 11.8 Å². The summed E-state index contributed by atoms with van der Waals surface area (Å²) in [6, 6.07) is 0. The number of nitrogen functional groups attached to an aromatic ring is 1. The van der Waals surface area contributed by atoms with E-state index in [0.717, 1.165) is 0 Å². The number of rotatable bonds is 3. The number of carbonyl (C=O) groups is 1. The molecule has 1 saturated heterocycles. The zero-order valence-electron chi connectivity index (χ0n) is 9.27. The van der Waals surface area contributed by atoms with Gasteiger partial charge < -0.3 is 20.9 Å². The lowest BCUT2D eigenvalue weighted by atomic mass is 9.94. The van der Waals surface area contributed by atoms with Crippen LogP contribution in [0.1, 0.15) is 23.5 Å². The molecule has 1 fully saturated rings. The van der Waals surface area contributed by atoms with Crippen molar-refractivity contribution in [2.24, 2.45) is 0 Å². The van der Waals surface area contributed by atoms with E-state index in [4.69, 9.17) is 10.5 Å². The maximum atomic E-state index is 11.6. The van der Waals surface area contributed by atoms with Crippen LogP contribution in [0.25, 0.3) is 0 Å². The topological polar surface area (TPSA) is 126 Å². The number of hydrogen-bond donors (Lipinski definition) is 4. The third-order valence-corrected chi connectivity index (χ3v) is 2.72. The number of H-pyrrole nitrogens is 1. The van der Waals surface area contributed by atoms with Gasteiger partial charge in [0.1, 0.15) is 0 Å². The molecule has 1 aliphatic rings. The Kier molecular flexibility index (Phi) is 3.25. The lowest BCUT2D eigenvalue weighted by Gasteiger charge is -2.31. The van der Waals surface area contributed by atoms with Crippen LogP contribution >= 0.6 is 0 Å². The van der Waals surface area contributed by atoms with Crippen LogP contribution < -0.4 is 11.1 Å². The highest BCUT2D eigenvalue weighted by molar-refractivity contribution is 5.90. The molecule has 17 heavy (non-hydrogen) atoms. The second-order valence-electron chi connectivity index (χ2n) is 4.06. The molecule has 0 aliphatic carbocycles. The fourth-order valence-electron chi connectivity index (χ4n) is 1.63. The molecule has 8 heteroatoms. The molecule has 1 aliphatic heterocycles. The van der Waals surface area contributed by atoms with Crippen molar-refractivity contribution in [1.82, 2.24) is 20.5 Å². The minimum Gasteiger partial charge on any atom is -0.388 e. The van der Waals surface area contributed by atoms with E-state index in [1.54, 1.807) is 0 Å². The monoisotopic (exact) mass is 241 g/mol. The molecule has 0 spiro atoms. The molecule has 1 aromatic heterocycles. The Hall–Kier alpha value is -1.67. The van der Waals surface area contributed by atoms with Crippen molar-refractivity contribution in [1.29, 1.82) is 0 Å². The van der Waals surface area contributed by atoms with E-state index in [1.807, 2.05) is 0 Å². The Labute approximate surface area is 97.6 Å². The minimum absolute atomic E-state index is 0.0138. The summed E-state index contributed by atoms with van der Waals surface area (Å²) in [5, 5.41) is 18.6. The van der Waals surface area contributed by atoms with E-state index in [0.29, 0.717) is 26.1 Å². The summed E-state index contributed by atoms with van der Waals surface area (Å²) in [5.41, 5.74) is 4.38. The van der Waals surface area contributed by atoms with Crippen molar-refractivity contribution in [3.8, 4) is 0 Å². The summed E-state index contributed by atoms with van der Waals surface area (Å²) in [4.78, 5) is 15.3. The summed E-state index contributed by atoms with van der Waals surface area (Å²) in [5.74, 6) is -0.382. The van der Waals surface area contributed by atoms with Crippen molar-refractivity contribution in [2.45, 2.75) is 18.4 Å². The Balaban J connectivity index is 1.87. The number of nitrogens with one attached hydrogen (secondary N) is 2. The van der Waals surface area contributed by atoms with Crippen molar-refractivity contribution in [2.75, 3.05) is 25.5 Å². The maximum Gasteiger partial charge on any atom is 0.288 e. The van der Waals surface area contributed by atoms with Crippen molar-refractivity contribution < 1.29 is 14.6 Å². The van der Waals surface area contributed by atoms with Gasteiger partial charge in [-0.25, -0.2) is 0 Å². The minimum atomic E-state index is -0.903. The summed E-state index contributed by atoms with van der Waals surface area (Å²) in [6.45, 7) is 1.17. The number of hydrogen-bond acceptors (Lipinski definition) is 6. The second-order valence-corrected chi connectivity index (χ2v) is 4.06. The Morgan fingerprint density at radius 3 is 2.88 bits per heavy atom. The van der Waals surface area contributed by atoms with Crippen molar-refractivity contribution in [3.05, 3.63) is 5.82 Å². The Morgan fingerprint density at radius 1 is 1.59 bits per heavy atom. The van der Waals surface area contributed by atoms with E-state index in [1.165, 1.54) is 0 Å². The van der Waals surface area contributed by atoms with Crippen LogP contribution in [-0.2, 0) is 4.74 Å². The SMILES string of the molecule is Nc1n[nH]c(C(=O)NCC2(O)CCOCC2)n1. The van der Waals surface area contributed by atoms with Crippen molar-refractivity contribution >= 4 is 11.9 Å². The molecule has 1 aromatic rings. The van der Waals surface area contributed by atoms with E-state index in [2.05, 4.69) is 20.5 Å². The fourth-order valence-corrected chi connectivity index (χ4v) is 1.63. The lowest BCUT2D eigenvalue weighted by molar-refractivity contribution is -0.0605. The highest BCUT2D eigenvalue weighted by Gasteiger charge is 2.30. The van der Waals surface area contributed by atoms with Gasteiger partial charge in [-0.3, -0.25) is 9.89 Å². The molecule has 0 saturated carbocycles. The molecule has 2 rings (SSSR count). The third kappa shape index (κ3) is 2.92. The molecule has 2 heterocycles. The average molecular weight is 241 g/mol. The Morgan fingerprint density at radius 2 is 2.29 bits per heavy atom. The number of ether oxygens (including phenoxy) is 1. The summed E-state index contributed by atoms with van der Waals surface area (Å²) < 4.78 is 5.14. The van der Waals surface area contributed by atoms with E-state index < -0.39 is 11.5 Å². The maximum absolute atomic E-state index is 11.6. The highest BCUT2D eigenvalue weighted by Crippen LogP contribution is 2.19. The largest absolute Gasteiger partial charge is 0.388 e. The quantitative estimate of drug-likeness (QED) is 0.518. The number of nitrogens with two attached hydrogens (primary N) is 1. The zero-order chi connectivity index (χ0) is 12.3. The molecular weight excluding hydrogens is 226 g/mol. The summed E-state index contributed by atoms with van der Waals surface area (Å²) in [6.07, 6.45) is 1.01. The first-order valence-corrected chi connectivity index (χ1v) is 5.35. The number of nitrogens with zero attached hydrogens (tertiary/aromatic N) is 2. The first-order valence-electron chi connectivity index (χ1n) is 5.35. The summed E-state index contributed by atoms with van der Waals surface area (Å²) in [7, 11) is 0. The van der Waals surface area contributed by atoms with Crippen molar-refractivity contribution in [3.63, 3.8) is 0 Å². The van der Waals surface area contributed by atoms with Gasteiger partial charge in [-0.05, 0) is 0 Å². The number of aromatic amines is 1. The van der Waals surface area contributed by atoms with Crippen LogP contribution in [0, 0.1) is 0 Å². The van der Waals surface area contributed by atoms with Gasteiger partial charge in [0.25, 0.3) is 5.91 Å². The van der Waals surface area contributed by atoms with Crippen LogP contribution in [-0.4, -0.2) is 51.6 Å². The van der Waals surface area contributed by atoms with Crippen LogP contribution in [0.5, 0.6) is 0 Å². The van der Waals surface area contributed by atoms with Gasteiger partial charge in [-0.1, -0.05) is 0 Å². The molecule has 8 nitrogen and oxygen atoms in total. The number of amides is 1. The van der Waals surface area contributed by atoms with E-state index in [-0.39, 0.29) is 18.3 Å². The van der Waals surface area contributed by atoms with Crippen LogP contribution in [0.15, 0.2) is 0 Å². The van der Waals surface area contributed by atoms with Crippen LogP contribution in [0.4, 0.5) is 5.95 Å². The molecule has 5 N–H and O–H groups in total. The molecule has 0 aromatic carbocycles. The first kappa shape index (κ1) is 11.8. The highest BCUT2D eigenvalue weighted by atomic mass is 16.5. The van der Waals surface area contributed by atoms with Gasteiger partial charge in [0.05, 0.1) is 5.60 Å². The van der Waals surface area contributed by atoms with Gasteiger partial charge in [0, 0.05) is 32.6 Å². The standard InChI is InChI=1S/C9H15N5O3/c10-8-12-6(13-14-8)7(15)11-5-9(16)1-3-17-4-2-9/h16H,1-5H2,(H,11,15)(H3,10,12,13,14). The number of aromatic nitrogens is 3. The zero-order valence-corrected chi connectivity index (χ0v) is 9.27.